The molecule has 0 fully saturated rings. The molecule has 1 nitrogen and oxygen atoms in total. The lowest BCUT2D eigenvalue weighted by Crippen LogP contribution is -2.24. The number of fused-ring (bicyclic) bond motifs is 13. The minimum absolute atomic E-state index is 0.0358. The van der Waals surface area contributed by atoms with Gasteiger partial charge in [0.15, 0.2) is 0 Å². The summed E-state index contributed by atoms with van der Waals surface area (Å²) in [5.41, 5.74) is 24.7. The maximum Gasteiger partial charge on any atom is 0.0464 e. The molecule has 0 N–H and O–H groups in total. The Kier molecular flexibility index (Phi) is 9.26. The van der Waals surface area contributed by atoms with E-state index >= 15 is 0 Å². The molecule has 0 spiro atoms. The first-order chi connectivity index (χ1) is 35.9. The molecule has 6 aliphatic rings. The molecule has 0 radical (unpaired) electrons. The highest BCUT2D eigenvalue weighted by molar-refractivity contribution is 6.26. The first-order valence-corrected chi connectivity index (χ1v) is 27.3. The molecule has 0 heterocycles. The summed E-state index contributed by atoms with van der Waals surface area (Å²) in [4.78, 5) is 2.61. The van der Waals surface area contributed by atoms with E-state index in [1.54, 1.807) is 16.7 Å². The summed E-state index contributed by atoms with van der Waals surface area (Å²) in [5, 5.41) is 10.3. The van der Waals surface area contributed by atoms with Crippen molar-refractivity contribution in [2.45, 2.75) is 84.5 Å². The first kappa shape index (κ1) is 43.8. The van der Waals surface area contributed by atoms with Gasteiger partial charge >= 0.3 is 0 Å². The van der Waals surface area contributed by atoms with E-state index in [2.05, 4.69) is 241 Å². The average Bonchev–Trinajstić information content (AvgIpc) is 3.97. The van der Waals surface area contributed by atoms with E-state index < -0.39 is 0 Å². The van der Waals surface area contributed by atoms with Gasteiger partial charge in [-0.05, 0) is 202 Å². The summed E-state index contributed by atoms with van der Waals surface area (Å²) in [6.07, 6.45) is 20.4. The molecular formula is C73H61N. The second-order valence-corrected chi connectivity index (χ2v) is 23.8. The molecule has 1 atom stereocenters. The van der Waals surface area contributed by atoms with E-state index in [0.29, 0.717) is 5.92 Å². The van der Waals surface area contributed by atoms with Crippen molar-refractivity contribution < 1.29 is 0 Å². The van der Waals surface area contributed by atoms with Crippen LogP contribution in [0.3, 0.4) is 0 Å². The molecule has 0 amide bonds. The summed E-state index contributed by atoms with van der Waals surface area (Å²) in [6.45, 7) is 14.7. The smallest absolute Gasteiger partial charge is 0.0464 e. The summed E-state index contributed by atoms with van der Waals surface area (Å²) < 4.78 is 0. The van der Waals surface area contributed by atoms with E-state index in [0.717, 1.165) is 25.7 Å². The van der Waals surface area contributed by atoms with E-state index in [9.17, 15) is 0 Å². The van der Waals surface area contributed by atoms with Crippen LogP contribution in [0, 0.1) is 11.3 Å². The highest BCUT2D eigenvalue weighted by Gasteiger charge is 2.45. The van der Waals surface area contributed by atoms with Crippen LogP contribution in [0.25, 0.3) is 82.0 Å². The summed E-state index contributed by atoms with van der Waals surface area (Å²) in [7, 11) is 0. The van der Waals surface area contributed by atoms with Crippen LogP contribution in [0.15, 0.2) is 222 Å². The van der Waals surface area contributed by atoms with E-state index in [4.69, 9.17) is 0 Å². The number of nitrogens with zero attached hydrogens (tertiary/aromatic N) is 1. The molecule has 0 saturated heterocycles. The Hall–Kier alpha value is -7.74. The SMILES string of the molecule is CC1(C)C2=CC(N(c3ccc4c(c3)C(C)(C)C3=C4CCC=C3)c3ccc4c(c3)C(C)(C)c3cc(-c5cc6cc(-c7ccc8ccccc8c7)c7ccccc7c6c6ccccc56)ccc3-4)=CCC2C2=C1CCC=C2. The van der Waals surface area contributed by atoms with Crippen molar-refractivity contribution in [3.05, 3.63) is 244 Å². The van der Waals surface area contributed by atoms with Crippen molar-refractivity contribution >= 4 is 60.0 Å². The Bertz CT molecular complexity index is 4190. The van der Waals surface area contributed by atoms with Gasteiger partial charge in [-0.15, -0.1) is 0 Å². The van der Waals surface area contributed by atoms with Crippen LogP contribution in [0.1, 0.15) is 95.9 Å². The van der Waals surface area contributed by atoms with Crippen LogP contribution in [-0.4, -0.2) is 0 Å². The molecule has 0 saturated carbocycles. The molecule has 0 aliphatic heterocycles. The van der Waals surface area contributed by atoms with Crippen molar-refractivity contribution in [3.63, 3.8) is 0 Å². The predicted molar refractivity (Wildman–Crippen MR) is 315 cm³/mol. The van der Waals surface area contributed by atoms with Crippen molar-refractivity contribution in [2.24, 2.45) is 11.3 Å². The van der Waals surface area contributed by atoms with Gasteiger partial charge in [0.25, 0.3) is 0 Å². The largest absolute Gasteiger partial charge is 0.311 e. The molecule has 1 heteroatoms. The number of anilines is 2. The Balaban J connectivity index is 0.860. The van der Waals surface area contributed by atoms with E-state index in [-0.39, 0.29) is 16.2 Å². The quantitative estimate of drug-likeness (QED) is 0.155. The van der Waals surface area contributed by atoms with Gasteiger partial charge in [0.2, 0.25) is 0 Å². The predicted octanol–water partition coefficient (Wildman–Crippen LogP) is 20.0. The molecule has 6 aliphatic carbocycles. The molecular weight excluding hydrogens is 891 g/mol. The number of allylic oxidation sites excluding steroid dienone is 11. The number of hydrogen-bond donors (Lipinski definition) is 0. The monoisotopic (exact) mass is 951 g/mol. The van der Waals surface area contributed by atoms with Gasteiger partial charge in [0.05, 0.1) is 0 Å². The summed E-state index contributed by atoms with van der Waals surface area (Å²) >= 11 is 0. The first-order valence-electron chi connectivity index (χ1n) is 27.3. The highest BCUT2D eigenvalue weighted by atomic mass is 15.1. The molecule has 74 heavy (non-hydrogen) atoms. The third-order valence-corrected chi connectivity index (χ3v) is 18.8. The Morgan fingerprint density at radius 1 is 0.459 bits per heavy atom. The molecule has 0 aromatic heterocycles. The van der Waals surface area contributed by atoms with Gasteiger partial charge in [-0.2, -0.15) is 0 Å². The maximum absolute atomic E-state index is 2.61. The third kappa shape index (κ3) is 6.16. The van der Waals surface area contributed by atoms with Crippen LogP contribution in [0.2, 0.25) is 0 Å². The zero-order valence-corrected chi connectivity index (χ0v) is 43.5. The van der Waals surface area contributed by atoms with Crippen molar-refractivity contribution in [2.75, 3.05) is 4.90 Å². The zero-order chi connectivity index (χ0) is 49.8. The van der Waals surface area contributed by atoms with Gasteiger partial charge in [-0.3, -0.25) is 0 Å². The van der Waals surface area contributed by atoms with Crippen molar-refractivity contribution in [1.82, 2.24) is 0 Å². The van der Waals surface area contributed by atoms with E-state index in [1.807, 2.05) is 0 Å². The zero-order valence-electron chi connectivity index (χ0n) is 43.5. The van der Waals surface area contributed by atoms with Crippen LogP contribution < -0.4 is 4.90 Å². The Morgan fingerprint density at radius 3 is 1.77 bits per heavy atom. The molecule has 1 unspecified atom stereocenters. The molecule has 0 bridgehead atoms. The third-order valence-electron chi connectivity index (χ3n) is 18.8. The minimum Gasteiger partial charge on any atom is -0.311 e. The molecule has 9 aromatic rings. The van der Waals surface area contributed by atoms with Gasteiger partial charge in [0.1, 0.15) is 0 Å². The van der Waals surface area contributed by atoms with Gasteiger partial charge in [-0.25, -0.2) is 0 Å². The fourth-order valence-corrected chi connectivity index (χ4v) is 15.0. The van der Waals surface area contributed by atoms with Crippen LogP contribution >= 0.6 is 0 Å². The second kappa shape index (κ2) is 15.6. The van der Waals surface area contributed by atoms with Gasteiger partial charge in [-0.1, -0.05) is 192 Å². The minimum atomic E-state index is -0.239. The van der Waals surface area contributed by atoms with Crippen molar-refractivity contribution in [1.29, 1.82) is 0 Å². The average molecular weight is 952 g/mol. The number of rotatable bonds is 5. The lowest BCUT2D eigenvalue weighted by atomic mass is 9.76. The highest BCUT2D eigenvalue weighted by Crippen LogP contribution is 2.58. The summed E-state index contributed by atoms with van der Waals surface area (Å²) in [6, 6.07) is 60.8. The Morgan fingerprint density at radius 2 is 1.04 bits per heavy atom. The van der Waals surface area contributed by atoms with E-state index in [1.165, 1.54) is 133 Å². The van der Waals surface area contributed by atoms with Crippen LogP contribution in [-0.2, 0) is 10.8 Å². The molecule has 358 valence electrons. The van der Waals surface area contributed by atoms with Gasteiger partial charge < -0.3 is 4.90 Å². The number of hydrogen-bond acceptors (Lipinski definition) is 1. The van der Waals surface area contributed by atoms with Crippen LogP contribution in [0.5, 0.6) is 0 Å². The molecule has 15 rings (SSSR count). The second-order valence-electron chi connectivity index (χ2n) is 23.8. The van der Waals surface area contributed by atoms with Crippen molar-refractivity contribution in [3.8, 4) is 33.4 Å². The topological polar surface area (TPSA) is 3.24 Å². The normalized spacial score (nSPS) is 19.4. The number of benzene rings is 9. The summed E-state index contributed by atoms with van der Waals surface area (Å²) in [5.74, 6) is 0.456. The molecule has 9 aromatic carbocycles. The van der Waals surface area contributed by atoms with Crippen LogP contribution in [0.4, 0.5) is 11.4 Å². The standard InChI is InChI=1S/C73H61N/c1-71(2)64-25-15-13-21-54(64)57-34-30-49(41-67(57)71)74(50-31-35-58-55-22-14-16-26-65(55)72(3,4)68(58)42-50)51-32-36-59-56-33-29-47(40-66(56)73(5,6)69(59)43-51)63-39-48-38-62(46-28-27-44-17-7-8-18-45(44)37-46)52-19-9-11-23-60(52)70(48)61-24-12-10-20-53(61)63/h7-13,16-21,23-24,26-33,35-43,57H,14-15,22,25,34H2,1-6H3. The Labute approximate surface area is 436 Å². The lowest BCUT2D eigenvalue weighted by Gasteiger charge is -2.35. The van der Waals surface area contributed by atoms with Gasteiger partial charge in [0, 0.05) is 39.2 Å². The lowest BCUT2D eigenvalue weighted by molar-refractivity contribution is 0.504. The fraction of sp³-hybridized carbons (Fsp3) is 0.205. The maximum atomic E-state index is 2.61. The fourth-order valence-electron chi connectivity index (χ4n) is 15.0.